The molecule has 0 radical (unpaired) electrons. The maximum absolute atomic E-state index is 13.3. The Hall–Kier alpha value is 0.177. The second-order valence-electron chi connectivity index (χ2n) is 7.43. The smallest absolute Gasteiger partial charge is 0.0262 e. The summed E-state index contributed by atoms with van der Waals surface area (Å²) >= 11 is 0. The van der Waals surface area contributed by atoms with E-state index >= 15 is 0 Å². The summed E-state index contributed by atoms with van der Waals surface area (Å²) in [5.41, 5.74) is 0. The van der Waals surface area contributed by atoms with Gasteiger partial charge in [0.25, 0.3) is 0 Å². The highest BCUT2D eigenvalue weighted by Crippen LogP contribution is 2.58. The molecule has 0 saturated carbocycles. The van der Waals surface area contributed by atoms with Crippen molar-refractivity contribution in [2.45, 2.75) is 77.4 Å². The normalized spacial score (nSPS) is 15.9. The standard InChI is InChI=1S/C12H27OSi/c1-10(2,3)14(13,11(4,5)6)12(7,8)9/h1-9H3/q-1. The molecule has 0 bridgehead atoms. The fourth-order valence-electron chi connectivity index (χ4n) is 3.38. The molecule has 0 heterocycles. The minimum atomic E-state index is -2.60. The van der Waals surface area contributed by atoms with Crippen LogP contribution in [0.15, 0.2) is 0 Å². The first-order valence-electron chi connectivity index (χ1n) is 5.45. The fraction of sp³-hybridized carbons (Fsp3) is 1.00. The summed E-state index contributed by atoms with van der Waals surface area (Å²) in [7, 11) is -2.60. The van der Waals surface area contributed by atoms with Crippen LogP contribution >= 0.6 is 0 Å². The second-order valence-corrected chi connectivity index (χ2v) is 13.3. The van der Waals surface area contributed by atoms with Gasteiger partial charge in [0.2, 0.25) is 0 Å². The van der Waals surface area contributed by atoms with Crippen LogP contribution in [0.4, 0.5) is 0 Å². The molecule has 86 valence electrons. The zero-order valence-corrected chi connectivity index (χ0v) is 12.4. The van der Waals surface area contributed by atoms with Crippen LogP contribution in [0.3, 0.4) is 0 Å². The van der Waals surface area contributed by atoms with E-state index in [0.29, 0.717) is 0 Å². The fourth-order valence-corrected chi connectivity index (χ4v) is 10.1. The van der Waals surface area contributed by atoms with Gasteiger partial charge in [-0.25, -0.2) is 0 Å². The largest absolute Gasteiger partial charge is 0.857 e. The van der Waals surface area contributed by atoms with Crippen LogP contribution in [0.1, 0.15) is 62.3 Å². The van der Waals surface area contributed by atoms with Crippen LogP contribution in [0.25, 0.3) is 0 Å². The Kier molecular flexibility index (Phi) is 3.38. The summed E-state index contributed by atoms with van der Waals surface area (Å²) in [6.45, 7) is 19.0. The first-order valence-corrected chi connectivity index (χ1v) is 7.36. The predicted octanol–water partition coefficient (Wildman–Crippen LogP) is 3.69. The zero-order chi connectivity index (χ0) is 12.0. The topological polar surface area (TPSA) is 23.1 Å². The van der Waals surface area contributed by atoms with Gasteiger partial charge in [-0.2, -0.15) is 0 Å². The van der Waals surface area contributed by atoms with E-state index in [-0.39, 0.29) is 15.1 Å². The molecule has 0 aromatic rings. The molecule has 0 aliphatic heterocycles. The Bertz CT molecular complexity index is 164. The van der Waals surface area contributed by atoms with Crippen LogP contribution in [-0.2, 0) is 0 Å². The van der Waals surface area contributed by atoms with Crippen LogP contribution in [0.5, 0.6) is 0 Å². The van der Waals surface area contributed by atoms with Gasteiger partial charge in [0.1, 0.15) is 0 Å². The van der Waals surface area contributed by atoms with Crippen LogP contribution in [-0.4, -0.2) is 8.32 Å². The molecule has 0 aliphatic carbocycles. The SMILES string of the molecule is CC(C)(C)[Si]([O-])(C(C)(C)C)C(C)(C)C. The van der Waals surface area contributed by atoms with Crippen molar-refractivity contribution < 1.29 is 4.80 Å². The molecule has 0 fully saturated rings. The Morgan fingerprint density at radius 3 is 0.714 bits per heavy atom. The highest BCUT2D eigenvalue weighted by atomic mass is 28.4. The Balaban J connectivity index is 5.54. The lowest BCUT2D eigenvalue weighted by Crippen LogP contribution is -2.68. The molecule has 2 heteroatoms. The van der Waals surface area contributed by atoms with E-state index in [4.69, 9.17) is 0 Å². The molecule has 0 unspecified atom stereocenters. The van der Waals surface area contributed by atoms with Gasteiger partial charge < -0.3 is 4.80 Å². The van der Waals surface area contributed by atoms with Crippen molar-refractivity contribution in [1.82, 2.24) is 0 Å². The summed E-state index contributed by atoms with van der Waals surface area (Å²) in [5, 5.41) is -0.281. The van der Waals surface area contributed by atoms with Crippen molar-refractivity contribution in [2.24, 2.45) is 0 Å². The molecule has 0 N–H and O–H groups in total. The van der Waals surface area contributed by atoms with E-state index in [2.05, 4.69) is 62.3 Å². The van der Waals surface area contributed by atoms with E-state index in [1.54, 1.807) is 0 Å². The molecule has 0 rings (SSSR count). The summed E-state index contributed by atoms with van der Waals surface area (Å²) in [5.74, 6) is 0. The Morgan fingerprint density at radius 1 is 0.571 bits per heavy atom. The van der Waals surface area contributed by atoms with Gasteiger partial charge >= 0.3 is 0 Å². The minimum absolute atomic E-state index is 0.0938. The summed E-state index contributed by atoms with van der Waals surface area (Å²) in [4.78, 5) is 13.3. The molecule has 0 aliphatic rings. The maximum atomic E-state index is 13.3. The number of rotatable bonds is 0. The minimum Gasteiger partial charge on any atom is -0.857 e. The number of hydrogen-bond donors (Lipinski definition) is 0. The van der Waals surface area contributed by atoms with E-state index in [1.807, 2.05) is 0 Å². The molecule has 0 aromatic heterocycles. The average molecular weight is 215 g/mol. The first kappa shape index (κ1) is 14.2. The van der Waals surface area contributed by atoms with Crippen LogP contribution in [0, 0.1) is 0 Å². The van der Waals surface area contributed by atoms with Crippen molar-refractivity contribution in [3.05, 3.63) is 0 Å². The molecule has 0 atom stereocenters. The molecular formula is C12H27OSi-. The van der Waals surface area contributed by atoms with Gasteiger partial charge in [-0.05, 0) is 8.32 Å². The van der Waals surface area contributed by atoms with Gasteiger partial charge in [0.05, 0.1) is 0 Å². The first-order chi connectivity index (χ1) is 5.75. The lowest BCUT2D eigenvalue weighted by Gasteiger charge is -2.66. The van der Waals surface area contributed by atoms with E-state index < -0.39 is 8.32 Å². The molecule has 14 heavy (non-hydrogen) atoms. The van der Waals surface area contributed by atoms with Crippen molar-refractivity contribution in [3.63, 3.8) is 0 Å². The lowest BCUT2D eigenvalue weighted by atomic mass is 10.2. The van der Waals surface area contributed by atoms with Crippen LogP contribution in [0.2, 0.25) is 15.1 Å². The van der Waals surface area contributed by atoms with Gasteiger partial charge in [0.15, 0.2) is 0 Å². The van der Waals surface area contributed by atoms with Gasteiger partial charge in [0, 0.05) is 0 Å². The second kappa shape index (κ2) is 3.34. The average Bonchev–Trinajstić information content (AvgIpc) is 1.77. The van der Waals surface area contributed by atoms with Gasteiger partial charge in [-0.15, -0.1) is 0 Å². The third-order valence-corrected chi connectivity index (χ3v) is 9.51. The van der Waals surface area contributed by atoms with Gasteiger partial charge in [-0.1, -0.05) is 77.4 Å². The molecular weight excluding hydrogens is 188 g/mol. The highest BCUT2D eigenvalue weighted by molar-refractivity contribution is 6.79. The van der Waals surface area contributed by atoms with Crippen molar-refractivity contribution in [1.29, 1.82) is 0 Å². The lowest BCUT2D eigenvalue weighted by molar-refractivity contribution is -0.230. The van der Waals surface area contributed by atoms with Crippen LogP contribution < -0.4 is 4.80 Å². The summed E-state index contributed by atoms with van der Waals surface area (Å²) < 4.78 is 0. The monoisotopic (exact) mass is 215 g/mol. The summed E-state index contributed by atoms with van der Waals surface area (Å²) in [6, 6.07) is 0. The van der Waals surface area contributed by atoms with Crippen molar-refractivity contribution >= 4 is 8.32 Å². The maximum Gasteiger partial charge on any atom is -0.0262 e. The molecule has 0 amide bonds. The zero-order valence-electron chi connectivity index (χ0n) is 11.4. The van der Waals surface area contributed by atoms with E-state index in [0.717, 1.165) is 0 Å². The Labute approximate surface area is 91.1 Å². The highest BCUT2D eigenvalue weighted by Gasteiger charge is 2.49. The summed E-state index contributed by atoms with van der Waals surface area (Å²) in [6.07, 6.45) is 0. The van der Waals surface area contributed by atoms with Gasteiger partial charge in [-0.3, -0.25) is 0 Å². The van der Waals surface area contributed by atoms with E-state index in [9.17, 15) is 4.80 Å². The molecule has 0 spiro atoms. The Morgan fingerprint density at radius 2 is 0.714 bits per heavy atom. The molecule has 0 saturated heterocycles. The van der Waals surface area contributed by atoms with Crippen molar-refractivity contribution in [2.75, 3.05) is 0 Å². The quantitative estimate of drug-likeness (QED) is 0.565. The van der Waals surface area contributed by atoms with Crippen molar-refractivity contribution in [3.8, 4) is 0 Å². The third-order valence-electron chi connectivity index (χ3n) is 3.17. The number of hydrogen-bond acceptors (Lipinski definition) is 1. The molecule has 0 aromatic carbocycles. The predicted molar refractivity (Wildman–Crippen MR) is 64.9 cm³/mol. The molecule has 1 nitrogen and oxygen atoms in total. The third kappa shape index (κ3) is 2.06. The van der Waals surface area contributed by atoms with E-state index in [1.165, 1.54) is 0 Å².